The van der Waals surface area contributed by atoms with Crippen molar-refractivity contribution in [2.75, 3.05) is 13.1 Å². The first kappa shape index (κ1) is 12.5. The van der Waals surface area contributed by atoms with E-state index in [0.717, 1.165) is 36.4 Å². The van der Waals surface area contributed by atoms with Gasteiger partial charge in [0.2, 0.25) is 5.78 Å². The summed E-state index contributed by atoms with van der Waals surface area (Å²) in [7, 11) is 0. The van der Waals surface area contributed by atoms with Gasteiger partial charge in [-0.3, -0.25) is 4.79 Å². The van der Waals surface area contributed by atoms with Crippen LogP contribution in [0.3, 0.4) is 0 Å². The number of aromatic nitrogens is 3. The number of hydrogen-bond acceptors (Lipinski definition) is 5. The largest absolute Gasteiger partial charge is 0.317 e. The van der Waals surface area contributed by atoms with Crippen molar-refractivity contribution in [2.45, 2.75) is 25.8 Å². The van der Waals surface area contributed by atoms with Gasteiger partial charge in [-0.05, 0) is 49.9 Å². The zero-order valence-corrected chi connectivity index (χ0v) is 11.6. The fourth-order valence-corrected chi connectivity index (χ4v) is 3.23. The summed E-state index contributed by atoms with van der Waals surface area (Å²) >= 11 is 1.46. The molecule has 2 aromatic heterocycles. The second kappa shape index (κ2) is 5.22. The molecular weight excluding hydrogens is 260 g/mol. The molecule has 0 saturated carbocycles. The molecule has 5 nitrogen and oxygen atoms in total. The summed E-state index contributed by atoms with van der Waals surface area (Å²) in [5.74, 6) is -0.0207. The lowest BCUT2D eigenvalue weighted by Crippen LogP contribution is -2.29. The molecular formula is C13H16N4OS. The van der Waals surface area contributed by atoms with Crippen molar-refractivity contribution in [1.29, 1.82) is 0 Å². The van der Waals surface area contributed by atoms with Gasteiger partial charge < -0.3 is 5.32 Å². The third-order valence-electron chi connectivity index (χ3n) is 3.49. The summed E-state index contributed by atoms with van der Waals surface area (Å²) in [4.78, 5) is 13.1. The van der Waals surface area contributed by atoms with Gasteiger partial charge in [0.25, 0.3) is 0 Å². The number of nitrogens with zero attached hydrogens (tertiary/aromatic N) is 3. The minimum atomic E-state index is -0.0207. The highest BCUT2D eigenvalue weighted by molar-refractivity contribution is 7.12. The number of ketones is 1. The lowest BCUT2D eigenvalue weighted by Gasteiger charge is -2.22. The molecule has 3 rings (SSSR count). The minimum absolute atomic E-state index is 0.0207. The van der Waals surface area contributed by atoms with E-state index in [9.17, 15) is 4.79 Å². The zero-order chi connectivity index (χ0) is 13.2. The second-order valence-electron chi connectivity index (χ2n) is 4.83. The fourth-order valence-electron chi connectivity index (χ4n) is 2.35. The van der Waals surface area contributed by atoms with E-state index in [1.54, 1.807) is 6.20 Å². The summed E-state index contributed by atoms with van der Waals surface area (Å²) in [5, 5.41) is 13.4. The maximum atomic E-state index is 12.3. The maximum absolute atomic E-state index is 12.3. The summed E-state index contributed by atoms with van der Waals surface area (Å²) in [6.45, 7) is 3.94. The smallest absolute Gasteiger partial charge is 0.225 e. The van der Waals surface area contributed by atoms with E-state index in [1.165, 1.54) is 11.3 Å². The number of nitrogens with one attached hydrogen (secondary N) is 1. The van der Waals surface area contributed by atoms with Crippen LogP contribution in [0.4, 0.5) is 0 Å². The number of rotatable bonds is 3. The van der Waals surface area contributed by atoms with Crippen LogP contribution in [0, 0.1) is 6.92 Å². The number of aryl methyl sites for hydroxylation is 1. The second-order valence-corrected chi connectivity index (χ2v) is 5.74. The molecule has 19 heavy (non-hydrogen) atoms. The Balaban J connectivity index is 1.81. The topological polar surface area (TPSA) is 59.8 Å². The Bertz CT molecular complexity index is 583. The molecule has 2 aromatic rings. The van der Waals surface area contributed by atoms with E-state index < -0.39 is 0 Å². The molecule has 0 aromatic carbocycles. The van der Waals surface area contributed by atoms with Gasteiger partial charge in [-0.2, -0.15) is 0 Å². The molecule has 0 spiro atoms. The Labute approximate surface area is 115 Å². The summed E-state index contributed by atoms with van der Waals surface area (Å²) in [5.41, 5.74) is 1.45. The van der Waals surface area contributed by atoms with E-state index in [-0.39, 0.29) is 5.78 Å². The van der Waals surface area contributed by atoms with E-state index in [4.69, 9.17) is 0 Å². The number of carbonyl (C=O) groups is 1. The van der Waals surface area contributed by atoms with Gasteiger partial charge in [-0.15, -0.1) is 16.4 Å². The Morgan fingerprint density at radius 2 is 2.26 bits per heavy atom. The zero-order valence-electron chi connectivity index (χ0n) is 10.8. The van der Waals surface area contributed by atoms with Crippen molar-refractivity contribution in [3.8, 4) is 0 Å². The number of thiophene rings is 1. The molecule has 0 amide bonds. The van der Waals surface area contributed by atoms with Crippen LogP contribution in [0.2, 0.25) is 0 Å². The molecule has 1 aliphatic rings. The Kier molecular flexibility index (Phi) is 3.44. The number of piperidine rings is 1. The first-order chi connectivity index (χ1) is 9.25. The van der Waals surface area contributed by atoms with Crippen molar-refractivity contribution >= 4 is 17.1 Å². The lowest BCUT2D eigenvalue weighted by molar-refractivity contribution is 0.103. The van der Waals surface area contributed by atoms with Crippen molar-refractivity contribution in [3.05, 3.63) is 33.8 Å². The van der Waals surface area contributed by atoms with Gasteiger partial charge in [-0.25, -0.2) is 4.68 Å². The fraction of sp³-hybridized carbons (Fsp3) is 0.462. The summed E-state index contributed by atoms with van der Waals surface area (Å²) in [6.07, 6.45) is 3.86. The van der Waals surface area contributed by atoms with Crippen LogP contribution in [0.25, 0.3) is 0 Å². The highest BCUT2D eigenvalue weighted by Gasteiger charge is 2.20. The highest BCUT2D eigenvalue weighted by Crippen LogP contribution is 2.21. The predicted molar refractivity (Wildman–Crippen MR) is 73.7 cm³/mol. The van der Waals surface area contributed by atoms with Crippen molar-refractivity contribution in [2.24, 2.45) is 0 Å². The first-order valence-corrected chi connectivity index (χ1v) is 7.35. The molecule has 100 valence electrons. The summed E-state index contributed by atoms with van der Waals surface area (Å²) < 4.78 is 1.84. The van der Waals surface area contributed by atoms with Gasteiger partial charge in [0.05, 0.1) is 17.1 Å². The third kappa shape index (κ3) is 2.46. The SMILES string of the molecule is Cc1ccsc1C(=O)c1cn(C2CCNCC2)nn1. The first-order valence-electron chi connectivity index (χ1n) is 6.47. The molecule has 1 fully saturated rings. The van der Waals surface area contributed by atoms with Crippen LogP contribution in [0.1, 0.15) is 39.8 Å². The molecule has 1 saturated heterocycles. The Morgan fingerprint density at radius 1 is 1.47 bits per heavy atom. The monoisotopic (exact) mass is 276 g/mol. The van der Waals surface area contributed by atoms with Crippen LogP contribution in [-0.2, 0) is 0 Å². The molecule has 0 atom stereocenters. The van der Waals surface area contributed by atoms with Crippen molar-refractivity contribution in [3.63, 3.8) is 0 Å². The predicted octanol–water partition coefficient (Wildman–Crippen LogP) is 1.80. The van der Waals surface area contributed by atoms with Crippen molar-refractivity contribution < 1.29 is 4.79 Å². The minimum Gasteiger partial charge on any atom is -0.317 e. The van der Waals surface area contributed by atoms with Crippen LogP contribution in [0.15, 0.2) is 17.6 Å². The molecule has 0 radical (unpaired) electrons. The van der Waals surface area contributed by atoms with E-state index in [0.29, 0.717) is 11.7 Å². The molecule has 1 aliphatic heterocycles. The van der Waals surface area contributed by atoms with Crippen LogP contribution in [-0.4, -0.2) is 33.9 Å². The van der Waals surface area contributed by atoms with Crippen molar-refractivity contribution in [1.82, 2.24) is 20.3 Å². The highest BCUT2D eigenvalue weighted by atomic mass is 32.1. The standard InChI is InChI=1S/C13H16N4OS/c1-9-4-7-19-13(9)12(18)11-8-17(16-15-11)10-2-5-14-6-3-10/h4,7-8,10,14H,2-3,5-6H2,1H3. The summed E-state index contributed by atoms with van der Waals surface area (Å²) in [6, 6.07) is 2.31. The van der Waals surface area contributed by atoms with Gasteiger partial charge in [0.15, 0.2) is 5.69 Å². The lowest BCUT2D eigenvalue weighted by atomic mass is 10.1. The molecule has 0 aliphatic carbocycles. The number of carbonyl (C=O) groups excluding carboxylic acids is 1. The van der Waals surface area contributed by atoms with Crippen LogP contribution >= 0.6 is 11.3 Å². The third-order valence-corrected chi connectivity index (χ3v) is 4.51. The quantitative estimate of drug-likeness (QED) is 0.869. The van der Waals surface area contributed by atoms with Crippen LogP contribution in [0.5, 0.6) is 0 Å². The Hall–Kier alpha value is -1.53. The van der Waals surface area contributed by atoms with Gasteiger partial charge in [0, 0.05) is 0 Å². The molecule has 1 N–H and O–H groups in total. The van der Waals surface area contributed by atoms with E-state index in [2.05, 4.69) is 15.6 Å². The van der Waals surface area contributed by atoms with Gasteiger partial charge in [-0.1, -0.05) is 5.21 Å². The normalized spacial score (nSPS) is 16.7. The van der Waals surface area contributed by atoms with Crippen LogP contribution < -0.4 is 5.32 Å². The molecule has 0 unspecified atom stereocenters. The Morgan fingerprint density at radius 3 is 2.95 bits per heavy atom. The van der Waals surface area contributed by atoms with E-state index in [1.807, 2.05) is 23.1 Å². The van der Waals surface area contributed by atoms with Gasteiger partial charge >= 0.3 is 0 Å². The maximum Gasteiger partial charge on any atom is 0.225 e. The van der Waals surface area contributed by atoms with E-state index >= 15 is 0 Å². The average molecular weight is 276 g/mol. The van der Waals surface area contributed by atoms with Gasteiger partial charge in [0.1, 0.15) is 0 Å². The molecule has 0 bridgehead atoms. The number of hydrogen-bond donors (Lipinski definition) is 1. The molecule has 6 heteroatoms. The average Bonchev–Trinajstić information content (AvgIpc) is 3.08. The molecule has 3 heterocycles.